The Morgan fingerprint density at radius 1 is 0.969 bits per heavy atom. The number of benzene rings is 2. The van der Waals surface area contributed by atoms with E-state index in [1.807, 2.05) is 50.2 Å². The number of nitrogens with one attached hydrogen (secondary N) is 1. The van der Waals surface area contributed by atoms with E-state index in [0.717, 1.165) is 21.7 Å². The van der Waals surface area contributed by atoms with E-state index in [-0.39, 0.29) is 18.5 Å². The normalized spacial score (nSPS) is 12.3. The fraction of sp³-hybridized carbons (Fsp3) is 0.417. The first-order valence-electron chi connectivity index (χ1n) is 10.7. The molecule has 2 aromatic rings. The van der Waals surface area contributed by atoms with E-state index in [1.165, 1.54) is 4.90 Å². The summed E-state index contributed by atoms with van der Waals surface area (Å²) in [7, 11) is -3.72. The van der Waals surface area contributed by atoms with Gasteiger partial charge in [-0.1, -0.05) is 48.5 Å². The Kier molecular flexibility index (Phi) is 8.83. The molecule has 1 N–H and O–H groups in total. The van der Waals surface area contributed by atoms with Crippen molar-refractivity contribution < 1.29 is 18.0 Å². The van der Waals surface area contributed by atoms with Gasteiger partial charge in [0.1, 0.15) is 12.6 Å². The van der Waals surface area contributed by atoms with Crippen LogP contribution in [0.1, 0.15) is 31.9 Å². The monoisotopic (exact) mass is 459 g/mol. The van der Waals surface area contributed by atoms with Crippen LogP contribution in [0, 0.1) is 6.92 Å². The molecule has 0 heterocycles. The Morgan fingerprint density at radius 2 is 1.56 bits per heavy atom. The molecule has 2 aromatic carbocycles. The molecule has 0 unspecified atom stereocenters. The van der Waals surface area contributed by atoms with E-state index < -0.39 is 22.0 Å². The van der Waals surface area contributed by atoms with Gasteiger partial charge in [-0.15, -0.1) is 0 Å². The van der Waals surface area contributed by atoms with Crippen molar-refractivity contribution in [1.29, 1.82) is 0 Å². The predicted molar refractivity (Wildman–Crippen MR) is 128 cm³/mol. The van der Waals surface area contributed by atoms with Crippen LogP contribution in [0.2, 0.25) is 0 Å². The third kappa shape index (κ3) is 7.09. The van der Waals surface area contributed by atoms with Gasteiger partial charge < -0.3 is 10.2 Å². The van der Waals surface area contributed by atoms with Crippen LogP contribution in [-0.4, -0.2) is 56.6 Å². The van der Waals surface area contributed by atoms with Gasteiger partial charge in [0, 0.05) is 12.6 Å². The molecule has 0 saturated carbocycles. The summed E-state index contributed by atoms with van der Waals surface area (Å²) in [5.74, 6) is -0.704. The molecular formula is C24H33N3O4S. The molecule has 1 atom stereocenters. The van der Waals surface area contributed by atoms with E-state index >= 15 is 0 Å². The second kappa shape index (κ2) is 11.1. The first kappa shape index (κ1) is 25.4. The zero-order chi connectivity index (χ0) is 23.9. The van der Waals surface area contributed by atoms with Crippen LogP contribution in [0.15, 0.2) is 54.6 Å². The molecule has 0 aromatic heterocycles. The van der Waals surface area contributed by atoms with Crippen LogP contribution in [0.3, 0.4) is 0 Å². The largest absolute Gasteiger partial charge is 0.352 e. The summed E-state index contributed by atoms with van der Waals surface area (Å²) < 4.78 is 26.2. The van der Waals surface area contributed by atoms with E-state index in [4.69, 9.17) is 0 Å². The number of carbonyl (C=O) groups excluding carboxylic acids is 2. The number of hydrogen-bond acceptors (Lipinski definition) is 4. The summed E-state index contributed by atoms with van der Waals surface area (Å²) >= 11 is 0. The van der Waals surface area contributed by atoms with Crippen molar-refractivity contribution in [2.75, 3.05) is 23.7 Å². The molecule has 0 aliphatic heterocycles. The van der Waals surface area contributed by atoms with E-state index in [2.05, 4.69) is 5.32 Å². The highest BCUT2D eigenvalue weighted by Crippen LogP contribution is 2.22. The van der Waals surface area contributed by atoms with Crippen LogP contribution in [0.5, 0.6) is 0 Å². The molecule has 2 rings (SSSR count). The van der Waals surface area contributed by atoms with Gasteiger partial charge in [-0.05, 0) is 51.3 Å². The van der Waals surface area contributed by atoms with Crippen molar-refractivity contribution in [1.82, 2.24) is 10.2 Å². The SMILES string of the molecule is Cc1ccccc1N(CC(=O)N(CCc1ccccc1)[C@@H](C)C(=O)NC(C)C)S(C)(=O)=O. The molecule has 0 spiro atoms. The maximum Gasteiger partial charge on any atom is 0.244 e. The maximum atomic E-state index is 13.4. The molecule has 0 saturated heterocycles. The van der Waals surface area contributed by atoms with Crippen molar-refractivity contribution in [3.63, 3.8) is 0 Å². The summed E-state index contributed by atoms with van der Waals surface area (Å²) in [6.45, 7) is 7.08. The lowest BCUT2D eigenvalue weighted by molar-refractivity contribution is -0.139. The first-order valence-corrected chi connectivity index (χ1v) is 12.5. The average molecular weight is 460 g/mol. The lowest BCUT2D eigenvalue weighted by atomic mass is 10.1. The second-order valence-electron chi connectivity index (χ2n) is 8.22. The van der Waals surface area contributed by atoms with Crippen LogP contribution in [0.4, 0.5) is 5.69 Å². The fourth-order valence-electron chi connectivity index (χ4n) is 3.41. The zero-order valence-corrected chi connectivity index (χ0v) is 20.2. The number of para-hydroxylation sites is 1. The summed E-state index contributed by atoms with van der Waals surface area (Å²) in [6.07, 6.45) is 1.63. The van der Waals surface area contributed by atoms with Gasteiger partial charge in [0.05, 0.1) is 11.9 Å². The van der Waals surface area contributed by atoms with Gasteiger partial charge >= 0.3 is 0 Å². The summed E-state index contributed by atoms with van der Waals surface area (Å²) in [5, 5.41) is 2.84. The quantitative estimate of drug-likeness (QED) is 0.592. The topological polar surface area (TPSA) is 86.8 Å². The van der Waals surface area contributed by atoms with Gasteiger partial charge in [0.2, 0.25) is 21.8 Å². The van der Waals surface area contributed by atoms with Gasteiger partial charge in [-0.2, -0.15) is 0 Å². The van der Waals surface area contributed by atoms with Gasteiger partial charge in [-0.3, -0.25) is 13.9 Å². The van der Waals surface area contributed by atoms with E-state index in [1.54, 1.807) is 32.0 Å². The minimum absolute atomic E-state index is 0.0736. The first-order chi connectivity index (χ1) is 15.0. The van der Waals surface area contributed by atoms with Crippen LogP contribution in [0.25, 0.3) is 0 Å². The van der Waals surface area contributed by atoms with E-state index in [0.29, 0.717) is 18.7 Å². The highest BCUT2D eigenvalue weighted by molar-refractivity contribution is 7.92. The number of rotatable bonds is 10. The molecule has 0 radical (unpaired) electrons. The lowest BCUT2D eigenvalue weighted by Crippen LogP contribution is -2.53. The Hall–Kier alpha value is -2.87. The van der Waals surface area contributed by atoms with Crippen LogP contribution < -0.4 is 9.62 Å². The molecule has 0 aliphatic carbocycles. The molecule has 32 heavy (non-hydrogen) atoms. The predicted octanol–water partition coefficient (Wildman–Crippen LogP) is 2.75. The van der Waals surface area contributed by atoms with Crippen molar-refractivity contribution in [2.24, 2.45) is 0 Å². The molecule has 2 amide bonds. The number of amides is 2. The minimum Gasteiger partial charge on any atom is -0.352 e. The number of carbonyl (C=O) groups is 2. The number of aryl methyl sites for hydroxylation is 1. The van der Waals surface area contributed by atoms with E-state index in [9.17, 15) is 18.0 Å². The highest BCUT2D eigenvalue weighted by Gasteiger charge is 2.30. The highest BCUT2D eigenvalue weighted by atomic mass is 32.2. The molecule has 0 fully saturated rings. The number of nitrogens with zero attached hydrogens (tertiary/aromatic N) is 2. The van der Waals surface area contributed by atoms with Crippen LogP contribution >= 0.6 is 0 Å². The van der Waals surface area contributed by atoms with Crippen molar-refractivity contribution in [3.05, 3.63) is 65.7 Å². The fourth-order valence-corrected chi connectivity index (χ4v) is 4.32. The zero-order valence-electron chi connectivity index (χ0n) is 19.4. The standard InChI is InChI=1S/C24H33N3O4S/c1-18(2)25-24(29)20(4)26(16-15-21-12-7-6-8-13-21)23(28)17-27(32(5,30)31)22-14-10-9-11-19(22)3/h6-14,18,20H,15-17H2,1-5H3,(H,25,29)/t20-/m0/s1. The number of sulfonamides is 1. The average Bonchev–Trinajstić information content (AvgIpc) is 2.72. The molecule has 174 valence electrons. The Balaban J connectivity index is 2.32. The van der Waals surface area contributed by atoms with Gasteiger partial charge in [-0.25, -0.2) is 8.42 Å². The number of hydrogen-bond donors (Lipinski definition) is 1. The third-order valence-corrected chi connectivity index (χ3v) is 6.27. The van der Waals surface area contributed by atoms with Gasteiger partial charge in [0.15, 0.2) is 0 Å². The van der Waals surface area contributed by atoms with Crippen molar-refractivity contribution >= 4 is 27.5 Å². The minimum atomic E-state index is -3.72. The Bertz CT molecular complexity index is 1020. The summed E-state index contributed by atoms with van der Waals surface area (Å²) in [6, 6.07) is 15.9. The van der Waals surface area contributed by atoms with Gasteiger partial charge in [0.25, 0.3) is 0 Å². The molecule has 7 nitrogen and oxygen atoms in total. The molecule has 0 aliphatic rings. The van der Waals surface area contributed by atoms with Crippen LogP contribution in [-0.2, 0) is 26.0 Å². The maximum absolute atomic E-state index is 13.4. The molecule has 8 heteroatoms. The van der Waals surface area contributed by atoms with Crippen molar-refractivity contribution in [2.45, 2.75) is 46.2 Å². The lowest BCUT2D eigenvalue weighted by Gasteiger charge is -2.32. The Morgan fingerprint density at radius 3 is 2.12 bits per heavy atom. The second-order valence-corrected chi connectivity index (χ2v) is 10.1. The number of anilines is 1. The summed E-state index contributed by atoms with van der Waals surface area (Å²) in [4.78, 5) is 27.5. The molecular weight excluding hydrogens is 426 g/mol. The smallest absolute Gasteiger partial charge is 0.244 e. The Labute approximate surface area is 191 Å². The summed E-state index contributed by atoms with van der Waals surface area (Å²) in [5.41, 5.74) is 2.22. The van der Waals surface area contributed by atoms with Crippen molar-refractivity contribution in [3.8, 4) is 0 Å². The third-order valence-electron chi connectivity index (χ3n) is 5.15. The molecule has 0 bridgehead atoms.